The van der Waals surface area contributed by atoms with Crippen LogP contribution in [0.3, 0.4) is 0 Å². The van der Waals surface area contributed by atoms with Crippen molar-refractivity contribution in [3.63, 3.8) is 0 Å². The van der Waals surface area contributed by atoms with Gasteiger partial charge in [0.25, 0.3) is 0 Å². The summed E-state index contributed by atoms with van der Waals surface area (Å²) in [4.78, 5) is 43.6. The number of carboxylic acid groups (broad SMARTS) is 4. The molecule has 0 aliphatic rings. The maximum absolute atomic E-state index is 10.9. The molecule has 0 unspecified atom stereocenters. The average Bonchev–Trinajstić information content (AvgIpc) is 2.23. The van der Waals surface area contributed by atoms with Gasteiger partial charge in [-0.25, -0.2) is 0 Å². The Hall–Kier alpha value is -2.28. The third-order valence-electron chi connectivity index (χ3n) is 3.13. The summed E-state index contributed by atoms with van der Waals surface area (Å²) >= 11 is 0. The second-order valence-corrected chi connectivity index (χ2v) is 4.76. The molecule has 22 heavy (non-hydrogen) atoms. The van der Waals surface area contributed by atoms with Crippen molar-refractivity contribution >= 4 is 23.9 Å². The summed E-state index contributed by atoms with van der Waals surface area (Å²) in [5.74, 6) is -6.82. The largest absolute Gasteiger partial charge is 0.481 e. The Balaban J connectivity index is 6.20. The summed E-state index contributed by atoms with van der Waals surface area (Å²) in [5, 5.41) is 53.2. The predicted octanol–water partition coefficient (Wildman–Crippen LogP) is -1.60. The van der Waals surface area contributed by atoms with E-state index in [4.69, 9.17) is 26.2 Å². The summed E-state index contributed by atoms with van der Waals surface area (Å²) in [7, 11) is 0. The fourth-order valence-corrected chi connectivity index (χ4v) is 2.19. The van der Waals surface area contributed by atoms with Crippen LogP contribution in [-0.2, 0) is 19.2 Å². The zero-order chi connectivity index (χ0) is 17.7. The first-order chi connectivity index (χ1) is 9.86. The Kier molecular flexibility index (Phi) is 6.39. The number of carboxylic acids is 4. The number of nitrogens with zero attached hydrogens (tertiary/aromatic N) is 1. The second-order valence-electron chi connectivity index (χ2n) is 4.76. The van der Waals surface area contributed by atoms with Gasteiger partial charge in [0.05, 0.1) is 31.2 Å². The standard InChI is InChI=1S/C10H16N2O10/c11-9(1-5(13)14,2-6(15)16)10(12(21)22,3-7(17)18)4-8(19)20/h21-22H,1-4,11H2,(H,13,14)(H,15,16)(H,17,18)(H,19,20). The number of hydrogen-bond donors (Lipinski definition) is 7. The van der Waals surface area contributed by atoms with E-state index in [0.717, 1.165) is 0 Å². The van der Waals surface area contributed by atoms with Crippen LogP contribution in [0.15, 0.2) is 0 Å². The SMILES string of the molecule is NC(CC(=O)O)(CC(=O)O)C(CC(=O)O)(CC(=O)O)N(O)O. The van der Waals surface area contributed by atoms with Gasteiger partial charge in [-0.2, -0.15) is 0 Å². The van der Waals surface area contributed by atoms with E-state index in [1.807, 2.05) is 0 Å². The Morgan fingerprint density at radius 3 is 1.18 bits per heavy atom. The van der Waals surface area contributed by atoms with Crippen molar-refractivity contribution in [3.05, 3.63) is 0 Å². The van der Waals surface area contributed by atoms with Gasteiger partial charge in [0.1, 0.15) is 5.54 Å². The number of nitrogens with two attached hydrogens (primary N) is 1. The van der Waals surface area contributed by atoms with E-state index in [2.05, 4.69) is 0 Å². The lowest BCUT2D eigenvalue weighted by Gasteiger charge is -2.46. The van der Waals surface area contributed by atoms with E-state index in [-0.39, 0.29) is 0 Å². The first-order valence-electron chi connectivity index (χ1n) is 5.70. The van der Waals surface area contributed by atoms with Crippen molar-refractivity contribution in [3.8, 4) is 0 Å². The Bertz CT molecular complexity index is 442. The van der Waals surface area contributed by atoms with E-state index in [9.17, 15) is 29.6 Å². The van der Waals surface area contributed by atoms with E-state index in [1.54, 1.807) is 0 Å². The Morgan fingerprint density at radius 2 is 1.00 bits per heavy atom. The van der Waals surface area contributed by atoms with Crippen LogP contribution in [0, 0.1) is 0 Å². The van der Waals surface area contributed by atoms with E-state index < -0.39 is 65.9 Å². The molecule has 0 saturated carbocycles. The van der Waals surface area contributed by atoms with Crippen molar-refractivity contribution in [1.29, 1.82) is 0 Å². The summed E-state index contributed by atoms with van der Waals surface area (Å²) in [6.45, 7) is 0. The molecule has 0 aliphatic heterocycles. The van der Waals surface area contributed by atoms with Crippen molar-refractivity contribution in [2.45, 2.75) is 36.8 Å². The molecule has 0 rings (SSSR count). The van der Waals surface area contributed by atoms with Crippen molar-refractivity contribution in [1.82, 2.24) is 5.23 Å². The summed E-state index contributed by atoms with van der Waals surface area (Å²) in [6.07, 6.45) is -5.05. The molecule has 0 saturated heterocycles. The molecule has 0 spiro atoms. The zero-order valence-electron chi connectivity index (χ0n) is 11.2. The minimum atomic E-state index is -2.78. The molecule has 0 heterocycles. The molecule has 0 amide bonds. The lowest BCUT2D eigenvalue weighted by Crippen LogP contribution is -2.70. The van der Waals surface area contributed by atoms with Crippen LogP contribution in [0.2, 0.25) is 0 Å². The average molecular weight is 324 g/mol. The van der Waals surface area contributed by atoms with Gasteiger partial charge in [-0.05, 0) is 0 Å². The predicted molar refractivity (Wildman–Crippen MR) is 64.1 cm³/mol. The second kappa shape index (κ2) is 7.13. The maximum Gasteiger partial charge on any atom is 0.305 e. The molecule has 0 fully saturated rings. The minimum Gasteiger partial charge on any atom is -0.481 e. The fraction of sp³-hybridized carbons (Fsp3) is 0.600. The molecule has 8 N–H and O–H groups in total. The minimum absolute atomic E-state index is 0.832. The molecular formula is C10H16N2O10. The number of rotatable bonds is 10. The Labute approximate surface area is 122 Å². The molecule has 0 bridgehead atoms. The third-order valence-corrected chi connectivity index (χ3v) is 3.13. The number of hydroxylamine groups is 2. The molecule has 0 atom stereocenters. The first kappa shape index (κ1) is 19.7. The van der Waals surface area contributed by atoms with Gasteiger partial charge in [-0.1, -0.05) is 5.23 Å². The van der Waals surface area contributed by atoms with Crippen LogP contribution in [0.1, 0.15) is 25.7 Å². The number of carbonyl (C=O) groups is 4. The fourth-order valence-electron chi connectivity index (χ4n) is 2.19. The van der Waals surface area contributed by atoms with Gasteiger partial charge >= 0.3 is 23.9 Å². The highest BCUT2D eigenvalue weighted by atomic mass is 16.8. The number of hydrogen-bond acceptors (Lipinski definition) is 8. The number of aliphatic carboxylic acids is 4. The van der Waals surface area contributed by atoms with Gasteiger partial charge in [-0.3, -0.25) is 29.6 Å². The molecule has 12 nitrogen and oxygen atoms in total. The zero-order valence-corrected chi connectivity index (χ0v) is 11.2. The van der Waals surface area contributed by atoms with Crippen LogP contribution in [0.5, 0.6) is 0 Å². The van der Waals surface area contributed by atoms with E-state index in [0.29, 0.717) is 0 Å². The highest BCUT2D eigenvalue weighted by Gasteiger charge is 2.57. The van der Waals surface area contributed by atoms with Crippen molar-refractivity contribution < 1.29 is 50.0 Å². The lowest BCUT2D eigenvalue weighted by molar-refractivity contribution is -0.376. The van der Waals surface area contributed by atoms with Crippen LogP contribution in [0.4, 0.5) is 0 Å². The van der Waals surface area contributed by atoms with Crippen molar-refractivity contribution in [2.75, 3.05) is 0 Å². The monoisotopic (exact) mass is 324 g/mol. The molecule has 126 valence electrons. The normalized spacial score (nSPS) is 12.2. The van der Waals surface area contributed by atoms with Gasteiger partial charge < -0.3 is 26.2 Å². The Morgan fingerprint density at radius 1 is 0.727 bits per heavy atom. The highest BCUT2D eigenvalue weighted by Crippen LogP contribution is 2.37. The van der Waals surface area contributed by atoms with Gasteiger partial charge in [0, 0.05) is 0 Å². The third kappa shape index (κ3) is 4.63. The van der Waals surface area contributed by atoms with Crippen LogP contribution < -0.4 is 5.73 Å². The van der Waals surface area contributed by atoms with E-state index >= 15 is 0 Å². The maximum atomic E-state index is 10.9. The smallest absolute Gasteiger partial charge is 0.305 e. The molecule has 0 radical (unpaired) electrons. The summed E-state index contributed by atoms with van der Waals surface area (Å²) in [6, 6.07) is 0. The highest BCUT2D eigenvalue weighted by molar-refractivity contribution is 5.78. The van der Waals surface area contributed by atoms with Crippen molar-refractivity contribution in [2.24, 2.45) is 5.73 Å². The first-order valence-corrected chi connectivity index (χ1v) is 5.70. The van der Waals surface area contributed by atoms with Crippen LogP contribution in [-0.4, -0.2) is 71.0 Å². The van der Waals surface area contributed by atoms with E-state index in [1.165, 1.54) is 0 Å². The summed E-state index contributed by atoms with van der Waals surface area (Å²) in [5.41, 5.74) is 0.258. The molecule has 0 aromatic rings. The molecule has 0 aromatic heterocycles. The van der Waals surface area contributed by atoms with Crippen LogP contribution in [0.25, 0.3) is 0 Å². The van der Waals surface area contributed by atoms with Gasteiger partial charge in [0.2, 0.25) is 0 Å². The quantitative estimate of drug-likeness (QED) is 0.226. The molecular weight excluding hydrogens is 308 g/mol. The topological polar surface area (TPSA) is 219 Å². The van der Waals surface area contributed by atoms with Crippen LogP contribution >= 0.6 is 0 Å². The van der Waals surface area contributed by atoms with Gasteiger partial charge in [-0.15, -0.1) is 0 Å². The van der Waals surface area contributed by atoms with Gasteiger partial charge in [0.15, 0.2) is 0 Å². The lowest BCUT2D eigenvalue weighted by atomic mass is 9.69. The molecule has 0 aromatic carbocycles. The molecule has 0 aliphatic carbocycles. The summed E-state index contributed by atoms with van der Waals surface area (Å²) < 4.78 is 0. The molecule has 12 heteroatoms.